The molecule has 2 aromatic rings. The number of hydrogen-bond donors (Lipinski definition) is 2. The van der Waals surface area contributed by atoms with Crippen molar-refractivity contribution < 1.29 is 4.74 Å². The second kappa shape index (κ2) is 7.02. The van der Waals surface area contributed by atoms with Crippen molar-refractivity contribution in [2.75, 3.05) is 11.1 Å². The Bertz CT molecular complexity index is 594. The predicted octanol–water partition coefficient (Wildman–Crippen LogP) is 4.75. The zero-order chi connectivity index (χ0) is 15.2. The fourth-order valence-corrected chi connectivity index (χ4v) is 2.28. The van der Waals surface area contributed by atoms with Crippen LogP contribution < -0.4 is 15.8 Å². The molecule has 0 unspecified atom stereocenters. The van der Waals surface area contributed by atoms with Gasteiger partial charge in [-0.3, -0.25) is 0 Å². The lowest BCUT2D eigenvalue weighted by molar-refractivity contribution is 0.244. The van der Waals surface area contributed by atoms with Crippen LogP contribution in [0.25, 0.3) is 0 Å². The fraction of sp³-hybridized carbons (Fsp3) is 0.333. The number of anilines is 3. The van der Waals surface area contributed by atoms with Crippen LogP contribution >= 0.6 is 0 Å². The number of rotatable bonds is 6. The Labute approximate surface area is 127 Å². The zero-order valence-electron chi connectivity index (χ0n) is 13.0. The fourth-order valence-electron chi connectivity index (χ4n) is 2.28. The first-order valence-corrected chi connectivity index (χ1v) is 7.52. The molecule has 0 aliphatic rings. The van der Waals surface area contributed by atoms with Gasteiger partial charge in [-0.15, -0.1) is 0 Å². The van der Waals surface area contributed by atoms with E-state index in [1.807, 2.05) is 38.1 Å². The third-order valence-electron chi connectivity index (χ3n) is 3.23. The van der Waals surface area contributed by atoms with E-state index in [0.29, 0.717) is 5.69 Å². The summed E-state index contributed by atoms with van der Waals surface area (Å²) >= 11 is 0. The summed E-state index contributed by atoms with van der Waals surface area (Å²) in [6.45, 7) is 6.18. The lowest BCUT2D eigenvalue weighted by Crippen LogP contribution is -2.08. The van der Waals surface area contributed by atoms with Gasteiger partial charge in [0.2, 0.25) is 0 Å². The molecule has 0 spiro atoms. The molecule has 0 aliphatic carbocycles. The van der Waals surface area contributed by atoms with E-state index in [-0.39, 0.29) is 6.10 Å². The quantitative estimate of drug-likeness (QED) is 0.752. The Hall–Kier alpha value is -2.16. The molecule has 0 atom stereocenters. The molecule has 2 aromatic carbocycles. The summed E-state index contributed by atoms with van der Waals surface area (Å²) in [7, 11) is 0. The molecule has 21 heavy (non-hydrogen) atoms. The molecule has 3 nitrogen and oxygen atoms in total. The van der Waals surface area contributed by atoms with E-state index < -0.39 is 0 Å². The van der Waals surface area contributed by atoms with E-state index in [4.69, 9.17) is 10.5 Å². The number of nitrogen functional groups attached to an aromatic ring is 1. The summed E-state index contributed by atoms with van der Waals surface area (Å²) in [6, 6.07) is 14.2. The van der Waals surface area contributed by atoms with Gasteiger partial charge in [-0.2, -0.15) is 0 Å². The Morgan fingerprint density at radius 3 is 2.48 bits per heavy atom. The van der Waals surface area contributed by atoms with Crippen LogP contribution in [0.1, 0.15) is 32.8 Å². The average Bonchev–Trinajstić information content (AvgIpc) is 2.45. The van der Waals surface area contributed by atoms with Gasteiger partial charge in [0, 0.05) is 5.69 Å². The maximum atomic E-state index is 6.22. The summed E-state index contributed by atoms with van der Waals surface area (Å²) in [5.41, 5.74) is 10.2. The third kappa shape index (κ3) is 3.91. The van der Waals surface area contributed by atoms with E-state index >= 15 is 0 Å². The minimum atomic E-state index is 0.106. The van der Waals surface area contributed by atoms with Gasteiger partial charge in [-0.25, -0.2) is 0 Å². The highest BCUT2D eigenvalue weighted by atomic mass is 16.5. The number of aryl methyl sites for hydroxylation is 1. The largest absolute Gasteiger partial charge is 0.489 e. The second-order valence-electron chi connectivity index (χ2n) is 5.42. The van der Waals surface area contributed by atoms with Gasteiger partial charge < -0.3 is 15.8 Å². The molecule has 112 valence electrons. The third-order valence-corrected chi connectivity index (χ3v) is 3.23. The normalized spacial score (nSPS) is 10.7. The molecular weight excluding hydrogens is 260 g/mol. The van der Waals surface area contributed by atoms with E-state index in [1.54, 1.807) is 0 Å². The molecule has 3 heteroatoms. The van der Waals surface area contributed by atoms with Gasteiger partial charge >= 0.3 is 0 Å². The standard InChI is InChI=1S/C18H24N2O/c1-4-8-14-9-5-6-10-15(14)20-16-11-7-12-17(18(16)19)21-13(2)3/h5-7,9-13,20H,4,8,19H2,1-3H3. The van der Waals surface area contributed by atoms with Crippen molar-refractivity contribution in [2.45, 2.75) is 39.7 Å². The Morgan fingerprint density at radius 1 is 1.05 bits per heavy atom. The molecule has 0 radical (unpaired) electrons. The molecule has 0 heterocycles. The Kier molecular flexibility index (Phi) is 5.09. The molecule has 0 saturated carbocycles. The summed E-state index contributed by atoms with van der Waals surface area (Å²) < 4.78 is 5.74. The average molecular weight is 284 g/mol. The maximum absolute atomic E-state index is 6.22. The van der Waals surface area contributed by atoms with E-state index in [1.165, 1.54) is 5.56 Å². The van der Waals surface area contributed by atoms with Crippen LogP contribution in [0.2, 0.25) is 0 Å². The zero-order valence-corrected chi connectivity index (χ0v) is 13.0. The monoisotopic (exact) mass is 284 g/mol. The van der Waals surface area contributed by atoms with Gasteiger partial charge in [0.25, 0.3) is 0 Å². The summed E-state index contributed by atoms with van der Waals surface area (Å²) in [5.74, 6) is 0.725. The van der Waals surface area contributed by atoms with Crippen LogP contribution in [0.4, 0.5) is 17.1 Å². The number of nitrogens with one attached hydrogen (secondary N) is 1. The van der Waals surface area contributed by atoms with E-state index in [0.717, 1.165) is 30.0 Å². The maximum Gasteiger partial charge on any atom is 0.144 e. The van der Waals surface area contributed by atoms with Crippen molar-refractivity contribution >= 4 is 17.1 Å². The minimum Gasteiger partial charge on any atom is -0.489 e. The van der Waals surface area contributed by atoms with Crippen LogP contribution in [-0.2, 0) is 6.42 Å². The highest BCUT2D eigenvalue weighted by molar-refractivity contribution is 5.78. The highest BCUT2D eigenvalue weighted by Crippen LogP contribution is 2.33. The number of benzene rings is 2. The molecule has 0 aromatic heterocycles. The van der Waals surface area contributed by atoms with Crippen LogP contribution in [0.15, 0.2) is 42.5 Å². The van der Waals surface area contributed by atoms with Crippen LogP contribution in [0.3, 0.4) is 0 Å². The summed E-state index contributed by atoms with van der Waals surface area (Å²) in [5, 5.41) is 3.43. The van der Waals surface area contributed by atoms with Gasteiger partial charge in [0.15, 0.2) is 0 Å². The summed E-state index contributed by atoms with van der Waals surface area (Å²) in [4.78, 5) is 0. The van der Waals surface area contributed by atoms with Gasteiger partial charge in [-0.1, -0.05) is 37.6 Å². The lowest BCUT2D eigenvalue weighted by Gasteiger charge is -2.17. The number of ether oxygens (including phenoxy) is 1. The SMILES string of the molecule is CCCc1ccccc1Nc1cccc(OC(C)C)c1N. The molecule has 0 bridgehead atoms. The van der Waals surface area contributed by atoms with Gasteiger partial charge in [-0.05, 0) is 44.0 Å². The molecule has 0 fully saturated rings. The smallest absolute Gasteiger partial charge is 0.144 e. The van der Waals surface area contributed by atoms with Crippen molar-refractivity contribution in [2.24, 2.45) is 0 Å². The predicted molar refractivity (Wildman–Crippen MR) is 90.3 cm³/mol. The first kappa shape index (κ1) is 15.2. The summed E-state index contributed by atoms with van der Waals surface area (Å²) in [6.07, 6.45) is 2.27. The molecular formula is C18H24N2O. The molecule has 0 amide bonds. The van der Waals surface area contributed by atoms with Crippen LogP contribution in [0.5, 0.6) is 5.75 Å². The van der Waals surface area contributed by atoms with Crippen molar-refractivity contribution in [1.29, 1.82) is 0 Å². The van der Waals surface area contributed by atoms with Crippen molar-refractivity contribution in [3.8, 4) is 5.75 Å². The van der Waals surface area contributed by atoms with Crippen molar-refractivity contribution in [3.63, 3.8) is 0 Å². The Morgan fingerprint density at radius 2 is 1.76 bits per heavy atom. The first-order valence-electron chi connectivity index (χ1n) is 7.52. The number of nitrogens with two attached hydrogens (primary N) is 1. The molecule has 2 rings (SSSR count). The number of para-hydroxylation sites is 2. The van der Waals surface area contributed by atoms with E-state index in [9.17, 15) is 0 Å². The van der Waals surface area contributed by atoms with Crippen molar-refractivity contribution in [3.05, 3.63) is 48.0 Å². The first-order chi connectivity index (χ1) is 10.1. The van der Waals surface area contributed by atoms with Crippen molar-refractivity contribution in [1.82, 2.24) is 0 Å². The van der Waals surface area contributed by atoms with Crippen LogP contribution in [-0.4, -0.2) is 6.10 Å². The molecule has 0 aliphatic heterocycles. The molecule has 3 N–H and O–H groups in total. The lowest BCUT2D eigenvalue weighted by atomic mass is 10.1. The topological polar surface area (TPSA) is 47.3 Å². The second-order valence-corrected chi connectivity index (χ2v) is 5.42. The van der Waals surface area contributed by atoms with Gasteiger partial charge in [0.05, 0.1) is 17.5 Å². The Balaban J connectivity index is 2.28. The van der Waals surface area contributed by atoms with E-state index in [2.05, 4.69) is 30.4 Å². The van der Waals surface area contributed by atoms with Gasteiger partial charge in [0.1, 0.15) is 5.75 Å². The molecule has 0 saturated heterocycles. The number of hydrogen-bond acceptors (Lipinski definition) is 3. The highest BCUT2D eigenvalue weighted by Gasteiger charge is 2.09. The minimum absolute atomic E-state index is 0.106. The van der Waals surface area contributed by atoms with Crippen LogP contribution in [0, 0.1) is 0 Å².